The van der Waals surface area contributed by atoms with Gasteiger partial charge in [0.05, 0.1) is 0 Å². The van der Waals surface area contributed by atoms with Gasteiger partial charge in [-0.25, -0.2) is 9.18 Å². The van der Waals surface area contributed by atoms with Gasteiger partial charge in [0.25, 0.3) is 0 Å². The van der Waals surface area contributed by atoms with E-state index >= 15 is 0 Å². The molecule has 1 aromatic carbocycles. The number of aliphatic carboxylic acids is 1. The molecule has 0 bridgehead atoms. The second kappa shape index (κ2) is 6.38. The fourth-order valence-corrected chi connectivity index (χ4v) is 2.36. The van der Waals surface area contributed by atoms with Crippen LogP contribution in [0.15, 0.2) is 41.1 Å². The molecule has 0 aromatic heterocycles. The zero-order valence-electron chi connectivity index (χ0n) is 10.8. The van der Waals surface area contributed by atoms with Crippen molar-refractivity contribution in [3.8, 4) is 0 Å². The first-order chi connectivity index (χ1) is 9.60. The van der Waals surface area contributed by atoms with Gasteiger partial charge in [0.1, 0.15) is 11.9 Å². The van der Waals surface area contributed by atoms with Gasteiger partial charge in [0.2, 0.25) is 0 Å². The number of carbonyl (C=O) groups is 1. The van der Waals surface area contributed by atoms with Crippen molar-refractivity contribution in [1.82, 2.24) is 4.90 Å². The van der Waals surface area contributed by atoms with Gasteiger partial charge < -0.3 is 5.11 Å². The molecule has 1 saturated heterocycles. The van der Waals surface area contributed by atoms with E-state index in [4.69, 9.17) is 5.11 Å². The molecule has 5 nitrogen and oxygen atoms in total. The maximum atomic E-state index is 13.6. The number of halogens is 1. The molecule has 0 spiro atoms. The number of carboxylic acids is 1. The lowest BCUT2D eigenvalue weighted by Crippen LogP contribution is -2.37. The highest BCUT2D eigenvalue weighted by molar-refractivity contribution is 5.81. The van der Waals surface area contributed by atoms with Crippen molar-refractivity contribution in [1.29, 1.82) is 0 Å². The summed E-state index contributed by atoms with van der Waals surface area (Å²) >= 11 is 0. The Morgan fingerprint density at radius 2 is 2.25 bits per heavy atom. The van der Waals surface area contributed by atoms with Gasteiger partial charge in [-0.05, 0) is 18.1 Å². The van der Waals surface area contributed by atoms with Gasteiger partial charge in [-0.1, -0.05) is 23.4 Å². The van der Waals surface area contributed by atoms with Crippen molar-refractivity contribution < 1.29 is 14.3 Å². The van der Waals surface area contributed by atoms with E-state index in [1.165, 1.54) is 6.07 Å². The maximum absolute atomic E-state index is 13.6. The van der Waals surface area contributed by atoms with Crippen molar-refractivity contribution >= 4 is 5.97 Å². The summed E-state index contributed by atoms with van der Waals surface area (Å²) < 4.78 is 13.6. The van der Waals surface area contributed by atoms with Crippen LogP contribution in [-0.4, -0.2) is 35.1 Å². The highest BCUT2D eigenvalue weighted by Crippen LogP contribution is 2.21. The molecule has 0 radical (unpaired) electrons. The third-order valence-corrected chi connectivity index (χ3v) is 3.34. The molecule has 0 amide bonds. The average Bonchev–Trinajstić information content (AvgIpc) is 2.41. The molecule has 0 aliphatic carbocycles. The standard InChI is InChI=1S/C14H15FN2O3/c15-12-4-2-1-3-10(12)8-17-6-5-13(16-20)11(9-17)7-14(18)19/h1-4,7,13H,5-6,8-9H2,(H,18,19)/b11-7+. The van der Waals surface area contributed by atoms with Crippen LogP contribution in [0.4, 0.5) is 4.39 Å². The van der Waals surface area contributed by atoms with Crippen molar-refractivity contribution in [2.75, 3.05) is 13.1 Å². The summed E-state index contributed by atoms with van der Waals surface area (Å²) in [6, 6.07) is 5.87. The van der Waals surface area contributed by atoms with Gasteiger partial charge in [0.15, 0.2) is 0 Å². The Labute approximate surface area is 115 Å². The van der Waals surface area contributed by atoms with Crippen LogP contribution < -0.4 is 0 Å². The van der Waals surface area contributed by atoms with Crippen LogP contribution in [0.3, 0.4) is 0 Å². The Hall–Kier alpha value is -2.08. The fourth-order valence-electron chi connectivity index (χ4n) is 2.36. The van der Waals surface area contributed by atoms with Crippen LogP contribution in [0, 0.1) is 10.7 Å². The van der Waals surface area contributed by atoms with Gasteiger partial charge in [-0.3, -0.25) is 4.90 Å². The molecule has 1 atom stereocenters. The minimum Gasteiger partial charge on any atom is -0.478 e. The molecule has 1 aliphatic heterocycles. The lowest BCUT2D eigenvalue weighted by atomic mass is 9.98. The third-order valence-electron chi connectivity index (χ3n) is 3.34. The first-order valence-electron chi connectivity index (χ1n) is 6.31. The van der Waals surface area contributed by atoms with Crippen LogP contribution in [0.1, 0.15) is 12.0 Å². The molecular weight excluding hydrogens is 263 g/mol. The fraction of sp³-hybridized carbons (Fsp3) is 0.357. The topological polar surface area (TPSA) is 70.0 Å². The summed E-state index contributed by atoms with van der Waals surface area (Å²) in [5.41, 5.74) is 1.02. The molecule has 20 heavy (non-hydrogen) atoms. The Bertz CT molecular complexity index is 545. The molecule has 1 N–H and O–H groups in total. The molecule has 106 valence electrons. The van der Waals surface area contributed by atoms with E-state index in [0.29, 0.717) is 37.2 Å². The zero-order valence-corrected chi connectivity index (χ0v) is 10.8. The monoisotopic (exact) mass is 278 g/mol. The Morgan fingerprint density at radius 3 is 2.90 bits per heavy atom. The summed E-state index contributed by atoms with van der Waals surface area (Å²) in [6.45, 7) is 1.29. The van der Waals surface area contributed by atoms with E-state index < -0.39 is 12.0 Å². The van der Waals surface area contributed by atoms with Crippen molar-refractivity contribution in [3.05, 3.63) is 52.2 Å². The highest BCUT2D eigenvalue weighted by Gasteiger charge is 2.25. The van der Waals surface area contributed by atoms with Crippen LogP contribution in [0.5, 0.6) is 0 Å². The van der Waals surface area contributed by atoms with E-state index in [-0.39, 0.29) is 5.82 Å². The lowest BCUT2D eigenvalue weighted by Gasteiger charge is -2.31. The maximum Gasteiger partial charge on any atom is 0.328 e. The van der Waals surface area contributed by atoms with Crippen LogP contribution in [0.25, 0.3) is 0 Å². The van der Waals surface area contributed by atoms with Gasteiger partial charge in [-0.15, -0.1) is 0 Å². The Kier molecular flexibility index (Phi) is 4.57. The molecular formula is C14H15FN2O3. The smallest absolute Gasteiger partial charge is 0.328 e. The molecule has 1 aliphatic rings. The average molecular weight is 278 g/mol. The van der Waals surface area contributed by atoms with E-state index in [1.807, 2.05) is 4.90 Å². The van der Waals surface area contributed by atoms with Crippen molar-refractivity contribution in [3.63, 3.8) is 0 Å². The Balaban J connectivity index is 2.10. The van der Waals surface area contributed by atoms with Gasteiger partial charge in [0, 0.05) is 31.3 Å². The van der Waals surface area contributed by atoms with Gasteiger partial charge >= 0.3 is 5.97 Å². The molecule has 1 heterocycles. The molecule has 2 rings (SSSR count). The summed E-state index contributed by atoms with van der Waals surface area (Å²) in [5.74, 6) is -1.38. The first kappa shape index (κ1) is 14.3. The number of carboxylic acid groups (broad SMARTS) is 1. The van der Waals surface area contributed by atoms with Crippen molar-refractivity contribution in [2.45, 2.75) is 19.0 Å². The zero-order chi connectivity index (χ0) is 14.5. The van der Waals surface area contributed by atoms with Crippen molar-refractivity contribution in [2.24, 2.45) is 5.18 Å². The lowest BCUT2D eigenvalue weighted by molar-refractivity contribution is -0.131. The summed E-state index contributed by atoms with van der Waals surface area (Å²) in [4.78, 5) is 23.4. The van der Waals surface area contributed by atoms with E-state index in [1.54, 1.807) is 18.2 Å². The van der Waals surface area contributed by atoms with E-state index in [9.17, 15) is 14.1 Å². The summed E-state index contributed by atoms with van der Waals surface area (Å²) in [7, 11) is 0. The number of benzene rings is 1. The second-order valence-corrected chi connectivity index (χ2v) is 4.77. The quantitative estimate of drug-likeness (QED) is 0.677. The van der Waals surface area contributed by atoms with E-state index in [0.717, 1.165) is 6.08 Å². The highest BCUT2D eigenvalue weighted by atomic mass is 19.1. The Morgan fingerprint density at radius 1 is 1.50 bits per heavy atom. The number of nitroso groups, excluding NO2 is 1. The molecule has 0 saturated carbocycles. The molecule has 1 fully saturated rings. The predicted molar refractivity (Wildman–Crippen MR) is 71.6 cm³/mol. The van der Waals surface area contributed by atoms with E-state index in [2.05, 4.69) is 5.18 Å². The number of rotatable bonds is 4. The summed E-state index contributed by atoms with van der Waals surface area (Å²) in [5, 5.41) is 11.8. The number of hydrogen-bond donors (Lipinski definition) is 1. The normalized spacial score (nSPS) is 21.9. The number of hydrogen-bond acceptors (Lipinski definition) is 4. The molecule has 6 heteroatoms. The second-order valence-electron chi connectivity index (χ2n) is 4.77. The number of piperidine rings is 1. The number of nitrogens with zero attached hydrogens (tertiary/aromatic N) is 2. The number of likely N-dealkylation sites (tertiary alicyclic amines) is 1. The minimum atomic E-state index is -1.10. The van der Waals surface area contributed by atoms with Gasteiger partial charge in [-0.2, -0.15) is 4.91 Å². The minimum absolute atomic E-state index is 0.285. The third kappa shape index (κ3) is 3.48. The van der Waals surface area contributed by atoms with Crippen LogP contribution in [-0.2, 0) is 11.3 Å². The van der Waals surface area contributed by atoms with Crippen LogP contribution >= 0.6 is 0 Å². The SMILES string of the molecule is O=NC1CCN(Cc2ccccc2F)C/C1=C\C(=O)O. The summed E-state index contributed by atoms with van der Waals surface area (Å²) in [6.07, 6.45) is 1.48. The van der Waals surface area contributed by atoms with Crippen LogP contribution in [0.2, 0.25) is 0 Å². The first-order valence-corrected chi connectivity index (χ1v) is 6.31. The predicted octanol–water partition coefficient (Wildman–Crippen LogP) is 2.18. The largest absolute Gasteiger partial charge is 0.478 e. The molecule has 1 unspecified atom stereocenters. The molecule has 1 aromatic rings.